The third-order valence-corrected chi connectivity index (χ3v) is 3.40. The highest BCUT2D eigenvalue weighted by Gasteiger charge is 2.26. The zero-order valence-corrected chi connectivity index (χ0v) is 14.2. The van der Waals surface area contributed by atoms with Crippen LogP contribution < -0.4 is 19.6 Å². The van der Waals surface area contributed by atoms with E-state index >= 15 is 0 Å². The topological polar surface area (TPSA) is 33.2 Å². The van der Waals surface area contributed by atoms with E-state index in [4.69, 9.17) is 0 Å². The van der Waals surface area contributed by atoms with Crippen molar-refractivity contribution in [3.05, 3.63) is 5.56 Å². The maximum absolute atomic E-state index is 10.6. The molecule has 0 bridgehead atoms. The Hall–Kier alpha value is -1.78. The zero-order chi connectivity index (χ0) is 15.8. The van der Waals surface area contributed by atoms with Crippen LogP contribution >= 0.6 is 0 Å². The first-order valence-corrected chi connectivity index (χ1v) is 6.70. The number of nitrogens with zero attached hydrogens (tertiary/aromatic N) is 4. The van der Waals surface area contributed by atoms with Crippen molar-refractivity contribution in [1.29, 1.82) is 0 Å². The first kappa shape index (κ1) is 16.3. The molecule has 20 heavy (non-hydrogen) atoms. The molecule has 0 heterocycles. The summed E-state index contributed by atoms with van der Waals surface area (Å²) in [6.07, 6.45) is 0. The second-order valence-corrected chi connectivity index (χ2v) is 5.95. The van der Waals surface area contributed by atoms with Gasteiger partial charge in [0.1, 0.15) is 11.4 Å². The average molecular weight is 280 g/mol. The highest BCUT2D eigenvalue weighted by atomic mass is 16.3. The lowest BCUT2D eigenvalue weighted by atomic mass is 10.0. The van der Waals surface area contributed by atoms with E-state index in [1.54, 1.807) is 0 Å². The van der Waals surface area contributed by atoms with Crippen LogP contribution in [-0.2, 0) is 0 Å². The normalized spacial score (nSPS) is 10.4. The van der Waals surface area contributed by atoms with E-state index in [1.807, 2.05) is 68.2 Å². The van der Waals surface area contributed by atoms with Crippen LogP contribution in [-0.4, -0.2) is 61.5 Å². The van der Waals surface area contributed by atoms with Gasteiger partial charge in [-0.25, -0.2) is 0 Å². The molecule has 0 aliphatic heterocycles. The van der Waals surface area contributed by atoms with Gasteiger partial charge in [-0.2, -0.15) is 0 Å². The van der Waals surface area contributed by atoms with E-state index in [1.165, 1.54) is 0 Å². The van der Waals surface area contributed by atoms with Gasteiger partial charge < -0.3 is 24.7 Å². The largest absolute Gasteiger partial charge is 0.505 e. The highest BCUT2D eigenvalue weighted by Crippen LogP contribution is 2.51. The van der Waals surface area contributed by atoms with E-state index in [-0.39, 0.29) is 0 Å². The summed E-state index contributed by atoms with van der Waals surface area (Å²) in [5.41, 5.74) is 4.92. The highest BCUT2D eigenvalue weighted by molar-refractivity contribution is 5.98. The molecule has 0 saturated carbocycles. The first-order valence-electron chi connectivity index (χ1n) is 6.70. The van der Waals surface area contributed by atoms with Gasteiger partial charge in [0.25, 0.3) is 0 Å². The Kier molecular flexibility index (Phi) is 4.63. The van der Waals surface area contributed by atoms with Gasteiger partial charge in [0.05, 0.1) is 17.1 Å². The molecule has 0 unspecified atom stereocenters. The fraction of sp³-hybridized carbons (Fsp3) is 0.600. The molecular formula is C15H28N4O. The minimum Gasteiger partial charge on any atom is -0.505 e. The second-order valence-electron chi connectivity index (χ2n) is 5.95. The molecular weight excluding hydrogens is 252 g/mol. The predicted molar refractivity (Wildman–Crippen MR) is 90.2 cm³/mol. The van der Waals surface area contributed by atoms with Crippen molar-refractivity contribution in [1.82, 2.24) is 0 Å². The van der Waals surface area contributed by atoms with E-state index in [0.717, 1.165) is 28.3 Å². The number of rotatable bonds is 4. The SMILES string of the molecule is Cc1c(O)c(N(C)C)c(N(C)C)c(N(C)C)c1N(C)C. The molecule has 0 saturated heterocycles. The van der Waals surface area contributed by atoms with Crippen LogP contribution in [0.4, 0.5) is 22.7 Å². The molecule has 0 radical (unpaired) electrons. The van der Waals surface area contributed by atoms with Crippen molar-refractivity contribution >= 4 is 22.7 Å². The van der Waals surface area contributed by atoms with Gasteiger partial charge in [-0.1, -0.05) is 0 Å². The lowest BCUT2D eigenvalue weighted by Gasteiger charge is -2.34. The Morgan fingerprint density at radius 1 is 0.550 bits per heavy atom. The number of hydrogen-bond acceptors (Lipinski definition) is 5. The van der Waals surface area contributed by atoms with Gasteiger partial charge in [-0.05, 0) is 6.92 Å². The number of benzene rings is 1. The summed E-state index contributed by atoms with van der Waals surface area (Å²) in [7, 11) is 16.0. The molecule has 0 fully saturated rings. The van der Waals surface area contributed by atoms with Crippen LogP contribution in [0, 0.1) is 6.92 Å². The van der Waals surface area contributed by atoms with Crippen LogP contribution in [0.5, 0.6) is 5.75 Å². The lowest BCUT2D eigenvalue weighted by molar-refractivity contribution is 0.471. The summed E-state index contributed by atoms with van der Waals surface area (Å²) in [4.78, 5) is 8.17. The van der Waals surface area contributed by atoms with Crippen molar-refractivity contribution in [3.63, 3.8) is 0 Å². The van der Waals surface area contributed by atoms with Gasteiger partial charge in [0.15, 0.2) is 0 Å². The molecule has 0 aliphatic carbocycles. The Bertz CT molecular complexity index is 448. The molecule has 1 aromatic carbocycles. The molecule has 1 N–H and O–H groups in total. The van der Waals surface area contributed by atoms with Gasteiger partial charge in [0.2, 0.25) is 0 Å². The quantitative estimate of drug-likeness (QED) is 0.912. The van der Waals surface area contributed by atoms with E-state index in [0.29, 0.717) is 5.75 Å². The lowest BCUT2D eigenvalue weighted by Crippen LogP contribution is -2.25. The summed E-state index contributed by atoms with van der Waals surface area (Å²) in [6, 6.07) is 0. The average Bonchev–Trinajstić information content (AvgIpc) is 2.29. The third-order valence-electron chi connectivity index (χ3n) is 3.40. The van der Waals surface area contributed by atoms with Crippen molar-refractivity contribution < 1.29 is 5.11 Å². The van der Waals surface area contributed by atoms with Crippen molar-refractivity contribution in [3.8, 4) is 5.75 Å². The van der Waals surface area contributed by atoms with E-state index in [9.17, 15) is 5.11 Å². The van der Waals surface area contributed by atoms with Crippen LogP contribution in [0.15, 0.2) is 0 Å². The molecule has 0 amide bonds. The van der Waals surface area contributed by atoms with Gasteiger partial charge in [-0.3, -0.25) is 0 Å². The zero-order valence-electron chi connectivity index (χ0n) is 14.2. The number of phenolic OH excluding ortho intramolecular Hbond substituents is 1. The minimum atomic E-state index is 0.341. The minimum absolute atomic E-state index is 0.341. The first-order chi connectivity index (χ1) is 9.11. The second kappa shape index (κ2) is 5.69. The number of anilines is 4. The number of phenols is 1. The molecule has 5 nitrogen and oxygen atoms in total. The van der Waals surface area contributed by atoms with Crippen LogP contribution in [0.2, 0.25) is 0 Å². The molecule has 0 aromatic heterocycles. The summed E-state index contributed by atoms with van der Waals surface area (Å²) < 4.78 is 0. The third kappa shape index (κ3) is 2.57. The summed E-state index contributed by atoms with van der Waals surface area (Å²) >= 11 is 0. The summed E-state index contributed by atoms with van der Waals surface area (Å²) in [5.74, 6) is 0.341. The number of aromatic hydroxyl groups is 1. The fourth-order valence-electron chi connectivity index (χ4n) is 2.62. The van der Waals surface area contributed by atoms with E-state index in [2.05, 4.69) is 14.7 Å². The van der Waals surface area contributed by atoms with Crippen molar-refractivity contribution in [2.24, 2.45) is 0 Å². The van der Waals surface area contributed by atoms with Crippen molar-refractivity contribution in [2.75, 3.05) is 76.0 Å². The Labute approximate surface area is 123 Å². The van der Waals surface area contributed by atoms with Gasteiger partial charge >= 0.3 is 0 Å². The molecule has 0 atom stereocenters. The Morgan fingerprint density at radius 2 is 0.850 bits per heavy atom. The maximum Gasteiger partial charge on any atom is 0.146 e. The fourth-order valence-corrected chi connectivity index (χ4v) is 2.62. The van der Waals surface area contributed by atoms with Gasteiger partial charge in [0, 0.05) is 61.9 Å². The number of hydrogen-bond donors (Lipinski definition) is 1. The maximum atomic E-state index is 10.6. The van der Waals surface area contributed by atoms with Crippen LogP contribution in [0.1, 0.15) is 5.56 Å². The molecule has 0 aliphatic rings. The van der Waals surface area contributed by atoms with Gasteiger partial charge in [-0.15, -0.1) is 0 Å². The molecule has 1 rings (SSSR count). The van der Waals surface area contributed by atoms with Crippen LogP contribution in [0.25, 0.3) is 0 Å². The Balaban J connectivity index is 3.93. The smallest absolute Gasteiger partial charge is 0.146 e. The van der Waals surface area contributed by atoms with E-state index < -0.39 is 0 Å². The molecule has 1 aromatic rings. The van der Waals surface area contributed by atoms with Crippen molar-refractivity contribution in [2.45, 2.75) is 6.92 Å². The summed E-state index contributed by atoms with van der Waals surface area (Å²) in [5, 5.41) is 10.6. The Morgan fingerprint density at radius 3 is 1.15 bits per heavy atom. The molecule has 5 heteroatoms. The summed E-state index contributed by atoms with van der Waals surface area (Å²) in [6.45, 7) is 1.96. The molecule has 0 spiro atoms. The monoisotopic (exact) mass is 280 g/mol. The molecule has 114 valence electrons. The standard InChI is InChI=1S/C15H28N4O/c1-10-11(16(2)3)12(17(4)5)13(18(6)7)14(15(10)20)19(8)9/h20H,1-9H3. The predicted octanol–water partition coefficient (Wildman–Crippen LogP) is 1.96. The van der Waals surface area contributed by atoms with Crippen LogP contribution in [0.3, 0.4) is 0 Å².